The second-order valence-corrected chi connectivity index (χ2v) is 3.70. The lowest BCUT2D eigenvalue weighted by Crippen LogP contribution is -1.83. The summed E-state index contributed by atoms with van der Waals surface area (Å²) in [6, 6.07) is 16.9. The molecule has 2 rings (SSSR count). The Morgan fingerprint density at radius 2 is 2.00 bits per heavy atom. The summed E-state index contributed by atoms with van der Waals surface area (Å²) in [7, 11) is 1.62. The van der Waals surface area contributed by atoms with Crippen molar-refractivity contribution in [2.45, 2.75) is 0 Å². The van der Waals surface area contributed by atoms with E-state index >= 15 is 0 Å². The number of nitrogens with zero attached hydrogens (tertiary/aromatic N) is 2. The number of nitriles is 1. The molecular weight excluding hydrogens is 224 g/mol. The minimum Gasteiger partial charge on any atom is -0.497 e. The third-order valence-electron chi connectivity index (χ3n) is 2.43. The number of ether oxygens (including phenoxy) is 1. The van der Waals surface area contributed by atoms with Crippen molar-refractivity contribution in [3.63, 3.8) is 0 Å². The lowest BCUT2D eigenvalue weighted by Gasteiger charge is -1.99. The SMILES string of the molecule is COc1cccc(N=Cc2cccc(C#N)c2)c1. The van der Waals surface area contributed by atoms with Crippen LogP contribution in [0, 0.1) is 11.3 Å². The summed E-state index contributed by atoms with van der Waals surface area (Å²) in [5.74, 6) is 0.774. The fraction of sp³-hybridized carbons (Fsp3) is 0.0667. The van der Waals surface area contributed by atoms with Gasteiger partial charge in [-0.25, -0.2) is 0 Å². The van der Waals surface area contributed by atoms with Crippen molar-refractivity contribution >= 4 is 11.9 Å². The highest BCUT2D eigenvalue weighted by molar-refractivity contribution is 5.82. The van der Waals surface area contributed by atoms with Gasteiger partial charge < -0.3 is 4.74 Å². The molecule has 0 radical (unpaired) electrons. The molecule has 0 aromatic heterocycles. The van der Waals surface area contributed by atoms with Crippen molar-refractivity contribution in [1.82, 2.24) is 0 Å². The Labute approximate surface area is 106 Å². The molecule has 0 aliphatic rings. The minimum atomic E-state index is 0.629. The van der Waals surface area contributed by atoms with E-state index in [9.17, 15) is 0 Å². The Morgan fingerprint density at radius 1 is 1.17 bits per heavy atom. The van der Waals surface area contributed by atoms with Crippen molar-refractivity contribution < 1.29 is 4.74 Å². The van der Waals surface area contributed by atoms with Gasteiger partial charge in [0.05, 0.1) is 24.4 Å². The van der Waals surface area contributed by atoms with E-state index in [1.165, 1.54) is 0 Å². The van der Waals surface area contributed by atoms with Gasteiger partial charge in [0.15, 0.2) is 0 Å². The molecule has 0 aliphatic heterocycles. The first-order chi connectivity index (χ1) is 8.81. The topological polar surface area (TPSA) is 45.4 Å². The zero-order chi connectivity index (χ0) is 12.8. The summed E-state index contributed by atoms with van der Waals surface area (Å²) < 4.78 is 5.13. The second kappa shape index (κ2) is 5.65. The van der Waals surface area contributed by atoms with Crippen LogP contribution in [0.3, 0.4) is 0 Å². The molecule has 0 saturated carbocycles. The van der Waals surface area contributed by atoms with E-state index in [1.807, 2.05) is 36.4 Å². The van der Waals surface area contributed by atoms with Crippen molar-refractivity contribution in [2.75, 3.05) is 7.11 Å². The predicted octanol–water partition coefficient (Wildman–Crippen LogP) is 3.32. The fourth-order valence-electron chi connectivity index (χ4n) is 1.53. The van der Waals surface area contributed by atoms with Crippen molar-refractivity contribution in [1.29, 1.82) is 5.26 Å². The van der Waals surface area contributed by atoms with Crippen LogP contribution >= 0.6 is 0 Å². The molecule has 2 aromatic rings. The molecule has 0 unspecified atom stereocenters. The van der Waals surface area contributed by atoms with Crippen LogP contribution in [0.15, 0.2) is 53.5 Å². The molecule has 2 aromatic carbocycles. The first kappa shape index (κ1) is 11.9. The van der Waals surface area contributed by atoms with Gasteiger partial charge in [-0.3, -0.25) is 4.99 Å². The molecule has 3 heteroatoms. The maximum Gasteiger partial charge on any atom is 0.121 e. The maximum absolute atomic E-state index is 8.80. The summed E-state index contributed by atoms with van der Waals surface area (Å²) in [6.07, 6.45) is 1.73. The molecule has 3 nitrogen and oxygen atoms in total. The van der Waals surface area contributed by atoms with Gasteiger partial charge in [-0.15, -0.1) is 0 Å². The molecule has 18 heavy (non-hydrogen) atoms. The van der Waals surface area contributed by atoms with Crippen molar-refractivity contribution in [2.24, 2.45) is 4.99 Å². The second-order valence-electron chi connectivity index (χ2n) is 3.70. The molecule has 88 valence electrons. The van der Waals surface area contributed by atoms with Crippen LogP contribution < -0.4 is 4.74 Å². The summed E-state index contributed by atoms with van der Waals surface area (Å²) >= 11 is 0. The molecule has 0 fully saturated rings. The maximum atomic E-state index is 8.80. The van der Waals surface area contributed by atoms with Crippen LogP contribution in [-0.2, 0) is 0 Å². The Morgan fingerprint density at radius 3 is 2.78 bits per heavy atom. The number of hydrogen-bond donors (Lipinski definition) is 0. The minimum absolute atomic E-state index is 0.629. The molecule has 0 heterocycles. The summed E-state index contributed by atoms with van der Waals surface area (Å²) in [6.45, 7) is 0. The molecule has 0 amide bonds. The largest absolute Gasteiger partial charge is 0.497 e. The highest BCUT2D eigenvalue weighted by atomic mass is 16.5. The quantitative estimate of drug-likeness (QED) is 0.767. The van der Waals surface area contributed by atoms with Crippen LogP contribution in [0.5, 0.6) is 5.75 Å². The van der Waals surface area contributed by atoms with Crippen LogP contribution in [0.4, 0.5) is 5.69 Å². The van der Waals surface area contributed by atoms with E-state index in [4.69, 9.17) is 10.00 Å². The molecule has 0 aliphatic carbocycles. The average Bonchev–Trinajstić information content (AvgIpc) is 2.45. The number of aliphatic imine (C=N–C) groups is 1. The standard InChI is InChI=1S/C15H12N2O/c1-18-15-7-3-6-14(9-15)17-11-13-5-2-4-12(8-13)10-16/h2-9,11H,1H3. The lowest BCUT2D eigenvalue weighted by atomic mass is 10.1. The molecule has 0 bridgehead atoms. The first-order valence-electron chi connectivity index (χ1n) is 5.50. The van der Waals surface area contributed by atoms with Gasteiger partial charge in [0, 0.05) is 12.3 Å². The Kier molecular flexibility index (Phi) is 3.72. The van der Waals surface area contributed by atoms with Gasteiger partial charge in [0.25, 0.3) is 0 Å². The Balaban J connectivity index is 2.21. The third kappa shape index (κ3) is 2.96. The van der Waals surface area contributed by atoms with Gasteiger partial charge in [-0.2, -0.15) is 5.26 Å². The average molecular weight is 236 g/mol. The summed E-state index contributed by atoms with van der Waals surface area (Å²) in [4.78, 5) is 4.35. The number of hydrogen-bond acceptors (Lipinski definition) is 3. The van der Waals surface area contributed by atoms with E-state index in [0.29, 0.717) is 5.56 Å². The summed E-state index contributed by atoms with van der Waals surface area (Å²) in [5, 5.41) is 8.80. The Hall–Kier alpha value is -2.60. The van der Waals surface area contributed by atoms with Gasteiger partial charge in [-0.1, -0.05) is 18.2 Å². The normalized spacial score (nSPS) is 10.2. The monoisotopic (exact) mass is 236 g/mol. The van der Waals surface area contributed by atoms with Gasteiger partial charge in [-0.05, 0) is 29.8 Å². The lowest BCUT2D eigenvalue weighted by molar-refractivity contribution is 0.415. The summed E-state index contributed by atoms with van der Waals surface area (Å²) in [5.41, 5.74) is 2.35. The number of rotatable bonds is 3. The van der Waals surface area contributed by atoms with E-state index in [1.54, 1.807) is 25.5 Å². The van der Waals surface area contributed by atoms with E-state index < -0.39 is 0 Å². The first-order valence-corrected chi connectivity index (χ1v) is 5.50. The number of benzene rings is 2. The van der Waals surface area contributed by atoms with Gasteiger partial charge in [0.1, 0.15) is 5.75 Å². The Bertz CT molecular complexity index is 612. The molecular formula is C15H12N2O. The highest BCUT2D eigenvalue weighted by Crippen LogP contribution is 2.19. The van der Waals surface area contributed by atoms with Crippen LogP contribution in [0.25, 0.3) is 0 Å². The highest BCUT2D eigenvalue weighted by Gasteiger charge is 1.94. The van der Waals surface area contributed by atoms with E-state index in [2.05, 4.69) is 11.1 Å². The molecule has 0 saturated heterocycles. The smallest absolute Gasteiger partial charge is 0.121 e. The van der Waals surface area contributed by atoms with E-state index in [0.717, 1.165) is 17.0 Å². The fourth-order valence-corrected chi connectivity index (χ4v) is 1.53. The van der Waals surface area contributed by atoms with Crippen LogP contribution in [0.2, 0.25) is 0 Å². The van der Waals surface area contributed by atoms with Gasteiger partial charge >= 0.3 is 0 Å². The van der Waals surface area contributed by atoms with Crippen LogP contribution in [0.1, 0.15) is 11.1 Å². The van der Waals surface area contributed by atoms with E-state index in [-0.39, 0.29) is 0 Å². The number of methoxy groups -OCH3 is 1. The molecule has 0 atom stereocenters. The van der Waals surface area contributed by atoms with Crippen molar-refractivity contribution in [3.05, 3.63) is 59.7 Å². The van der Waals surface area contributed by atoms with Crippen LogP contribution in [-0.4, -0.2) is 13.3 Å². The molecule has 0 N–H and O–H groups in total. The van der Waals surface area contributed by atoms with Crippen molar-refractivity contribution in [3.8, 4) is 11.8 Å². The molecule has 0 spiro atoms. The van der Waals surface area contributed by atoms with Gasteiger partial charge in [0.2, 0.25) is 0 Å². The predicted molar refractivity (Wildman–Crippen MR) is 71.4 cm³/mol. The zero-order valence-corrected chi connectivity index (χ0v) is 10.00. The third-order valence-corrected chi connectivity index (χ3v) is 2.43. The zero-order valence-electron chi connectivity index (χ0n) is 10.00.